The van der Waals surface area contributed by atoms with Crippen LogP contribution in [0.4, 0.5) is 0 Å². The fraction of sp³-hybridized carbons (Fsp3) is 0.222. The number of carbonyl (C=O) groups is 2. The summed E-state index contributed by atoms with van der Waals surface area (Å²) in [5, 5.41) is 5.86. The van der Waals surface area contributed by atoms with Crippen molar-refractivity contribution in [1.82, 2.24) is 30.6 Å². The van der Waals surface area contributed by atoms with Crippen molar-refractivity contribution in [3.05, 3.63) is 71.1 Å². The average molecular weight is 499 g/mol. The van der Waals surface area contributed by atoms with E-state index in [-0.39, 0.29) is 12.3 Å². The lowest BCUT2D eigenvalue weighted by Gasteiger charge is -2.12. The van der Waals surface area contributed by atoms with Gasteiger partial charge in [0.05, 0.1) is 29.8 Å². The smallest absolute Gasteiger partial charge is 0.270 e. The first-order chi connectivity index (χ1) is 17.9. The number of hydrazine groups is 1. The van der Waals surface area contributed by atoms with Crippen molar-refractivity contribution in [3.8, 4) is 17.3 Å². The number of fused-ring (bicyclic) bond motifs is 2. The zero-order chi connectivity index (χ0) is 26.1. The molecule has 0 radical (unpaired) electrons. The summed E-state index contributed by atoms with van der Waals surface area (Å²) in [6.07, 6.45) is 2.15. The molecule has 4 aromatic heterocycles. The lowest BCUT2D eigenvalue weighted by Crippen LogP contribution is -2.41. The van der Waals surface area contributed by atoms with Crippen LogP contribution in [-0.2, 0) is 18.3 Å². The van der Waals surface area contributed by atoms with Crippen LogP contribution in [0.5, 0.6) is 5.88 Å². The van der Waals surface area contributed by atoms with E-state index < -0.39 is 5.91 Å². The molecule has 37 heavy (non-hydrogen) atoms. The molecule has 1 aromatic carbocycles. The molecule has 5 aromatic rings. The van der Waals surface area contributed by atoms with E-state index in [1.54, 1.807) is 36.3 Å². The minimum Gasteiger partial charge on any atom is -0.479 e. The summed E-state index contributed by atoms with van der Waals surface area (Å²) in [5.74, 6) is 0.273. The highest BCUT2D eigenvalue weighted by Crippen LogP contribution is 2.30. The second-order valence-corrected chi connectivity index (χ2v) is 8.68. The van der Waals surface area contributed by atoms with Crippen LogP contribution in [-0.4, -0.2) is 38.7 Å². The first-order valence-corrected chi connectivity index (χ1v) is 11.8. The topological polar surface area (TPSA) is 124 Å². The van der Waals surface area contributed by atoms with Crippen molar-refractivity contribution in [1.29, 1.82) is 0 Å². The van der Waals surface area contributed by atoms with Gasteiger partial charge in [0.2, 0.25) is 11.8 Å². The molecule has 4 heterocycles. The zero-order valence-electron chi connectivity index (χ0n) is 21.0. The number of nitrogens with zero attached hydrogens (tertiary/aromatic N) is 4. The number of aryl methyl sites for hydroxylation is 3. The molecule has 0 aliphatic rings. The van der Waals surface area contributed by atoms with Crippen LogP contribution in [0.2, 0.25) is 0 Å². The minimum atomic E-state index is -0.449. The van der Waals surface area contributed by atoms with Crippen LogP contribution < -0.4 is 15.6 Å². The number of hydrogen-bond donors (Lipinski definition) is 2. The van der Waals surface area contributed by atoms with Gasteiger partial charge in [-0.3, -0.25) is 20.4 Å². The van der Waals surface area contributed by atoms with E-state index in [0.29, 0.717) is 40.2 Å². The highest BCUT2D eigenvalue weighted by Gasteiger charge is 2.19. The Kier molecular flexibility index (Phi) is 6.31. The normalized spacial score (nSPS) is 11.1. The SMILES string of the molecule is COc1nn(C)c2nc(C)c(CCC(=O)NNC(=O)c3cc(-c4ccco4)nc4ccccc34)c(C)c12. The van der Waals surface area contributed by atoms with Gasteiger partial charge in [-0.25, -0.2) is 14.6 Å². The summed E-state index contributed by atoms with van der Waals surface area (Å²) in [7, 11) is 3.39. The Labute approximate surface area is 212 Å². The third-order valence-corrected chi connectivity index (χ3v) is 6.37. The van der Waals surface area contributed by atoms with Gasteiger partial charge in [0.15, 0.2) is 11.4 Å². The van der Waals surface area contributed by atoms with Crippen molar-refractivity contribution in [2.24, 2.45) is 7.05 Å². The molecule has 0 saturated heterocycles. The fourth-order valence-corrected chi connectivity index (χ4v) is 4.52. The monoisotopic (exact) mass is 498 g/mol. The number of amides is 2. The van der Waals surface area contributed by atoms with Gasteiger partial charge >= 0.3 is 0 Å². The summed E-state index contributed by atoms with van der Waals surface area (Å²) in [5.41, 5.74) is 10.1. The summed E-state index contributed by atoms with van der Waals surface area (Å²) in [6, 6.07) is 12.5. The number of rotatable bonds is 6. The first-order valence-electron chi connectivity index (χ1n) is 11.8. The minimum absolute atomic E-state index is 0.159. The lowest BCUT2D eigenvalue weighted by atomic mass is 10.00. The molecule has 5 rings (SSSR count). The van der Waals surface area contributed by atoms with Crippen molar-refractivity contribution in [2.75, 3.05) is 7.11 Å². The second kappa shape index (κ2) is 9.73. The number of hydrogen-bond acceptors (Lipinski definition) is 7. The molecular weight excluding hydrogens is 472 g/mol. The zero-order valence-corrected chi connectivity index (χ0v) is 21.0. The molecule has 0 spiro atoms. The molecule has 0 fully saturated rings. The molecule has 2 amide bonds. The maximum atomic E-state index is 13.1. The van der Waals surface area contributed by atoms with Gasteiger partial charge in [0, 0.05) is 24.5 Å². The van der Waals surface area contributed by atoms with Crippen LogP contribution in [0.1, 0.15) is 33.6 Å². The number of carbonyl (C=O) groups excluding carboxylic acids is 2. The lowest BCUT2D eigenvalue weighted by molar-refractivity contribution is -0.121. The number of para-hydroxylation sites is 1. The number of methoxy groups -OCH3 is 1. The Balaban J connectivity index is 1.31. The van der Waals surface area contributed by atoms with E-state index in [4.69, 9.17) is 9.15 Å². The fourth-order valence-electron chi connectivity index (χ4n) is 4.52. The van der Waals surface area contributed by atoms with Gasteiger partial charge in [-0.05, 0) is 55.7 Å². The third kappa shape index (κ3) is 4.49. The van der Waals surface area contributed by atoms with E-state index in [9.17, 15) is 9.59 Å². The van der Waals surface area contributed by atoms with Crippen LogP contribution in [0.25, 0.3) is 33.4 Å². The third-order valence-electron chi connectivity index (χ3n) is 6.37. The number of aromatic nitrogens is 4. The maximum Gasteiger partial charge on any atom is 0.270 e. The van der Waals surface area contributed by atoms with Crippen LogP contribution in [0.15, 0.2) is 53.1 Å². The van der Waals surface area contributed by atoms with Gasteiger partial charge < -0.3 is 9.15 Å². The second-order valence-electron chi connectivity index (χ2n) is 8.68. The van der Waals surface area contributed by atoms with Gasteiger partial charge in [-0.1, -0.05) is 18.2 Å². The summed E-state index contributed by atoms with van der Waals surface area (Å²) in [4.78, 5) is 35.0. The Morgan fingerprint density at radius 1 is 1.08 bits per heavy atom. The summed E-state index contributed by atoms with van der Waals surface area (Å²) < 4.78 is 12.5. The average Bonchev–Trinajstić information content (AvgIpc) is 3.55. The maximum absolute atomic E-state index is 13.1. The van der Waals surface area contributed by atoms with Crippen LogP contribution in [0, 0.1) is 13.8 Å². The molecule has 0 saturated carbocycles. The number of pyridine rings is 2. The Morgan fingerprint density at radius 3 is 2.65 bits per heavy atom. The van der Waals surface area contributed by atoms with Crippen molar-refractivity contribution < 1.29 is 18.7 Å². The van der Waals surface area contributed by atoms with E-state index in [1.807, 2.05) is 45.2 Å². The predicted molar refractivity (Wildman–Crippen MR) is 138 cm³/mol. The van der Waals surface area contributed by atoms with Crippen molar-refractivity contribution in [3.63, 3.8) is 0 Å². The summed E-state index contributed by atoms with van der Waals surface area (Å²) in [6.45, 7) is 3.88. The highest BCUT2D eigenvalue weighted by molar-refractivity contribution is 6.07. The van der Waals surface area contributed by atoms with Crippen molar-refractivity contribution >= 4 is 33.8 Å². The largest absolute Gasteiger partial charge is 0.479 e. The Morgan fingerprint density at radius 2 is 1.89 bits per heavy atom. The predicted octanol–water partition coefficient (Wildman–Crippen LogP) is 3.80. The molecular formula is C27H26N6O4. The van der Waals surface area contributed by atoms with Gasteiger partial charge in [0.1, 0.15) is 5.69 Å². The first kappa shape index (κ1) is 24.0. The number of benzene rings is 1. The molecule has 0 unspecified atom stereocenters. The molecule has 10 heteroatoms. The van der Waals surface area contributed by atoms with Crippen molar-refractivity contribution in [2.45, 2.75) is 26.7 Å². The molecule has 0 aliphatic carbocycles. The van der Waals surface area contributed by atoms with E-state index in [0.717, 1.165) is 27.9 Å². The molecule has 0 atom stereocenters. The molecule has 10 nitrogen and oxygen atoms in total. The highest BCUT2D eigenvalue weighted by atomic mass is 16.5. The molecule has 188 valence electrons. The van der Waals surface area contributed by atoms with Gasteiger partial charge in [-0.15, -0.1) is 5.10 Å². The van der Waals surface area contributed by atoms with Crippen LogP contribution in [0.3, 0.4) is 0 Å². The standard InChI is InChI=1S/C27H26N6O4/c1-15-17(16(2)28-25-24(15)27(36-4)32-33(25)3)11-12-23(34)30-31-26(35)19-14-21(22-10-7-13-37-22)29-20-9-6-5-8-18(19)20/h5-10,13-14H,11-12H2,1-4H3,(H,30,34)(H,31,35). The molecule has 0 bridgehead atoms. The van der Waals surface area contributed by atoms with Gasteiger partial charge in [0.25, 0.3) is 5.91 Å². The van der Waals surface area contributed by atoms with Gasteiger partial charge in [-0.2, -0.15) is 0 Å². The number of ether oxygens (including phenoxy) is 1. The molecule has 2 N–H and O–H groups in total. The Hall–Kier alpha value is -4.73. The number of nitrogens with one attached hydrogen (secondary N) is 2. The quantitative estimate of drug-likeness (QED) is 0.341. The molecule has 0 aliphatic heterocycles. The van der Waals surface area contributed by atoms with Crippen LogP contribution >= 0.6 is 0 Å². The number of furan rings is 1. The summed E-state index contributed by atoms with van der Waals surface area (Å²) >= 11 is 0. The van der Waals surface area contributed by atoms with E-state index in [2.05, 4.69) is 25.9 Å². The Bertz CT molecular complexity index is 1640. The van der Waals surface area contributed by atoms with E-state index >= 15 is 0 Å². The van der Waals surface area contributed by atoms with E-state index in [1.165, 1.54) is 0 Å².